The predicted molar refractivity (Wildman–Crippen MR) is 64.6 cm³/mol. The molecular weight excluding hydrogens is 218 g/mol. The summed E-state index contributed by atoms with van der Waals surface area (Å²) in [6.07, 6.45) is 1.95. The zero-order chi connectivity index (χ0) is 11.9. The van der Waals surface area contributed by atoms with E-state index in [9.17, 15) is 0 Å². The number of hydrogen-bond donors (Lipinski definition) is 2. The molecule has 1 aromatic carbocycles. The van der Waals surface area contributed by atoms with Crippen LogP contribution < -0.4 is 11.1 Å². The van der Waals surface area contributed by atoms with Crippen molar-refractivity contribution in [2.24, 2.45) is 10.7 Å². The fourth-order valence-corrected chi connectivity index (χ4v) is 1.29. The summed E-state index contributed by atoms with van der Waals surface area (Å²) in [5.41, 5.74) is 6.63. The molecule has 0 atom stereocenters. The van der Waals surface area contributed by atoms with Gasteiger partial charge in [-0.05, 0) is 12.1 Å². The van der Waals surface area contributed by atoms with Crippen LogP contribution >= 0.6 is 0 Å². The minimum absolute atomic E-state index is 0.371. The predicted octanol–water partition coefficient (Wildman–Crippen LogP) is 1.04. The van der Waals surface area contributed by atoms with Gasteiger partial charge in [-0.25, -0.2) is 0 Å². The Labute approximate surface area is 98.6 Å². The molecule has 6 heteroatoms. The first-order valence-electron chi connectivity index (χ1n) is 5.22. The quantitative estimate of drug-likeness (QED) is 0.606. The van der Waals surface area contributed by atoms with E-state index in [0.717, 1.165) is 5.69 Å². The Bertz CT molecular complexity index is 466. The van der Waals surface area contributed by atoms with Crippen molar-refractivity contribution in [3.63, 3.8) is 0 Å². The summed E-state index contributed by atoms with van der Waals surface area (Å²) in [7, 11) is 0. The lowest BCUT2D eigenvalue weighted by molar-refractivity contribution is 0.379. The number of anilines is 1. The van der Waals surface area contributed by atoms with E-state index in [1.54, 1.807) is 0 Å². The van der Waals surface area contributed by atoms with Gasteiger partial charge in [-0.1, -0.05) is 23.4 Å². The van der Waals surface area contributed by atoms with E-state index in [4.69, 9.17) is 10.3 Å². The second kappa shape index (κ2) is 5.64. The van der Waals surface area contributed by atoms with Gasteiger partial charge < -0.3 is 15.6 Å². The summed E-state index contributed by atoms with van der Waals surface area (Å²) in [5, 5.41) is 6.49. The molecule has 0 amide bonds. The van der Waals surface area contributed by atoms with Crippen molar-refractivity contribution in [1.82, 2.24) is 10.1 Å². The van der Waals surface area contributed by atoms with Crippen LogP contribution in [0.2, 0.25) is 0 Å². The minimum atomic E-state index is 0.371. The van der Waals surface area contributed by atoms with E-state index >= 15 is 0 Å². The first-order valence-corrected chi connectivity index (χ1v) is 5.22. The Morgan fingerprint density at radius 1 is 1.35 bits per heavy atom. The fraction of sp³-hybridized carbons (Fsp3) is 0.182. The summed E-state index contributed by atoms with van der Waals surface area (Å²) in [4.78, 5) is 8.04. The third-order valence-electron chi connectivity index (χ3n) is 2.06. The highest BCUT2D eigenvalue weighted by Crippen LogP contribution is 2.03. The molecule has 0 fully saturated rings. The van der Waals surface area contributed by atoms with Gasteiger partial charge in [-0.3, -0.25) is 4.99 Å². The second-order valence-corrected chi connectivity index (χ2v) is 3.34. The van der Waals surface area contributed by atoms with Crippen molar-refractivity contribution in [3.8, 4) is 0 Å². The molecule has 0 aliphatic carbocycles. The topological polar surface area (TPSA) is 89.3 Å². The number of benzene rings is 1. The molecule has 0 radical (unpaired) electrons. The molecule has 2 rings (SSSR count). The van der Waals surface area contributed by atoms with Gasteiger partial charge >= 0.3 is 0 Å². The van der Waals surface area contributed by atoms with Gasteiger partial charge in [0.15, 0.2) is 12.3 Å². The highest BCUT2D eigenvalue weighted by atomic mass is 16.5. The average molecular weight is 231 g/mol. The van der Waals surface area contributed by atoms with Crippen LogP contribution in [0.5, 0.6) is 0 Å². The van der Waals surface area contributed by atoms with Gasteiger partial charge in [0.25, 0.3) is 0 Å². The Morgan fingerprint density at radius 2 is 2.18 bits per heavy atom. The third kappa shape index (κ3) is 3.60. The SMILES string of the molecule is NC(=NCCc1ncno1)Nc1ccccc1. The maximum Gasteiger partial charge on any atom is 0.228 e. The van der Waals surface area contributed by atoms with Crippen LogP contribution in [0, 0.1) is 0 Å². The van der Waals surface area contributed by atoms with Crippen molar-refractivity contribution in [1.29, 1.82) is 0 Å². The molecule has 0 bridgehead atoms. The number of nitrogens with two attached hydrogens (primary N) is 1. The van der Waals surface area contributed by atoms with Gasteiger partial charge in [0.2, 0.25) is 5.89 Å². The monoisotopic (exact) mass is 231 g/mol. The smallest absolute Gasteiger partial charge is 0.228 e. The Kier molecular flexibility index (Phi) is 3.69. The molecular formula is C11H13N5O. The Balaban J connectivity index is 1.81. The van der Waals surface area contributed by atoms with Crippen molar-refractivity contribution in [3.05, 3.63) is 42.5 Å². The summed E-state index contributed by atoms with van der Waals surface area (Å²) in [6, 6.07) is 9.62. The molecule has 0 spiro atoms. The number of aromatic nitrogens is 2. The van der Waals surface area contributed by atoms with Gasteiger partial charge in [-0.2, -0.15) is 4.98 Å². The first-order chi connectivity index (χ1) is 8.34. The zero-order valence-corrected chi connectivity index (χ0v) is 9.21. The molecule has 1 aromatic heterocycles. The fourth-order valence-electron chi connectivity index (χ4n) is 1.29. The van der Waals surface area contributed by atoms with E-state index in [0.29, 0.717) is 24.8 Å². The van der Waals surface area contributed by atoms with Crippen LogP contribution in [0.25, 0.3) is 0 Å². The maximum atomic E-state index is 5.72. The number of hydrogen-bond acceptors (Lipinski definition) is 4. The van der Waals surface area contributed by atoms with Crippen LogP contribution in [0.4, 0.5) is 5.69 Å². The minimum Gasteiger partial charge on any atom is -0.370 e. The van der Waals surface area contributed by atoms with Crippen molar-refractivity contribution in [2.75, 3.05) is 11.9 Å². The highest BCUT2D eigenvalue weighted by molar-refractivity contribution is 5.92. The van der Waals surface area contributed by atoms with E-state index in [1.165, 1.54) is 6.33 Å². The Hall–Kier alpha value is -2.37. The summed E-state index contributed by atoms with van der Waals surface area (Å²) in [5.74, 6) is 0.928. The van der Waals surface area contributed by atoms with Crippen LogP contribution in [0.3, 0.4) is 0 Å². The molecule has 3 N–H and O–H groups in total. The third-order valence-corrected chi connectivity index (χ3v) is 2.06. The van der Waals surface area contributed by atoms with E-state index in [1.807, 2.05) is 30.3 Å². The molecule has 1 heterocycles. The van der Waals surface area contributed by atoms with Crippen LogP contribution in [-0.4, -0.2) is 22.6 Å². The molecule has 0 aliphatic rings. The average Bonchev–Trinajstić information content (AvgIpc) is 2.83. The largest absolute Gasteiger partial charge is 0.370 e. The summed E-state index contributed by atoms with van der Waals surface area (Å²) < 4.78 is 4.84. The Morgan fingerprint density at radius 3 is 2.88 bits per heavy atom. The van der Waals surface area contributed by atoms with Crippen LogP contribution in [0.1, 0.15) is 5.89 Å². The van der Waals surface area contributed by atoms with Gasteiger partial charge in [0.05, 0.1) is 6.54 Å². The van der Waals surface area contributed by atoms with Crippen molar-refractivity contribution >= 4 is 11.6 Å². The second-order valence-electron chi connectivity index (χ2n) is 3.34. The lowest BCUT2D eigenvalue weighted by atomic mass is 10.3. The normalized spacial score (nSPS) is 11.4. The molecule has 6 nitrogen and oxygen atoms in total. The first kappa shape index (κ1) is 11.1. The molecule has 0 saturated heterocycles. The lowest BCUT2D eigenvalue weighted by Crippen LogP contribution is -2.23. The molecule has 0 saturated carbocycles. The molecule has 17 heavy (non-hydrogen) atoms. The number of guanidine groups is 1. The van der Waals surface area contributed by atoms with E-state index in [-0.39, 0.29) is 0 Å². The van der Waals surface area contributed by atoms with E-state index in [2.05, 4.69) is 20.4 Å². The maximum absolute atomic E-state index is 5.72. The van der Waals surface area contributed by atoms with Gasteiger partial charge in [0.1, 0.15) is 0 Å². The van der Waals surface area contributed by atoms with Crippen LogP contribution in [0.15, 0.2) is 46.2 Å². The molecule has 0 unspecified atom stereocenters. The number of nitrogens with zero attached hydrogens (tertiary/aromatic N) is 3. The summed E-state index contributed by atoms with van der Waals surface area (Å²) in [6.45, 7) is 0.508. The highest BCUT2D eigenvalue weighted by Gasteiger charge is 1.98. The van der Waals surface area contributed by atoms with Crippen molar-refractivity contribution in [2.45, 2.75) is 6.42 Å². The summed E-state index contributed by atoms with van der Waals surface area (Å²) >= 11 is 0. The van der Waals surface area contributed by atoms with Crippen molar-refractivity contribution < 1.29 is 4.52 Å². The van der Waals surface area contributed by atoms with Crippen LogP contribution in [-0.2, 0) is 6.42 Å². The molecule has 2 aromatic rings. The number of aliphatic imine (C=N–C) groups is 1. The van der Waals surface area contributed by atoms with Gasteiger partial charge in [0, 0.05) is 12.1 Å². The van der Waals surface area contributed by atoms with E-state index < -0.39 is 0 Å². The standard InChI is InChI=1S/C11H13N5O/c12-11(16-9-4-2-1-3-5-9)13-7-6-10-14-8-15-17-10/h1-5,8H,6-7H2,(H3,12,13,16). The number of rotatable bonds is 4. The molecule has 88 valence electrons. The van der Waals surface area contributed by atoms with Gasteiger partial charge in [-0.15, -0.1) is 0 Å². The number of para-hydroxylation sites is 1. The zero-order valence-electron chi connectivity index (χ0n) is 9.21. The lowest BCUT2D eigenvalue weighted by Gasteiger charge is -2.04. The molecule has 0 aliphatic heterocycles. The number of nitrogens with one attached hydrogen (secondary N) is 1.